The first-order valence-corrected chi connectivity index (χ1v) is 6.76. The van der Waals surface area contributed by atoms with E-state index < -0.39 is 0 Å². The molecule has 104 valence electrons. The summed E-state index contributed by atoms with van der Waals surface area (Å²) in [6.45, 7) is 4.57. The van der Waals surface area contributed by atoms with Gasteiger partial charge >= 0.3 is 5.97 Å². The highest BCUT2D eigenvalue weighted by Crippen LogP contribution is 2.51. The molecule has 3 heteroatoms. The fourth-order valence-corrected chi connectivity index (χ4v) is 3.15. The maximum Gasteiger partial charge on any atom is 0.337 e. The standard InChI is InChI=1S/C16H22O3/c1-16(2)9-5-6-13(16)12-10-11(15(17)19-4)7-8-14(12)18-3/h7-8,10,13H,5-6,9H2,1-4H3/t13-/m0/s1. The van der Waals surface area contributed by atoms with E-state index in [1.807, 2.05) is 12.1 Å². The minimum Gasteiger partial charge on any atom is -0.496 e. The number of esters is 1. The van der Waals surface area contributed by atoms with Crippen LogP contribution in [-0.4, -0.2) is 20.2 Å². The second kappa shape index (κ2) is 5.24. The third-order valence-corrected chi connectivity index (χ3v) is 4.28. The predicted molar refractivity (Wildman–Crippen MR) is 74.7 cm³/mol. The van der Waals surface area contributed by atoms with Crippen LogP contribution in [0.25, 0.3) is 0 Å². The molecule has 0 unspecified atom stereocenters. The zero-order chi connectivity index (χ0) is 14.0. The Morgan fingerprint density at radius 3 is 2.58 bits per heavy atom. The zero-order valence-corrected chi connectivity index (χ0v) is 12.2. The van der Waals surface area contributed by atoms with Gasteiger partial charge in [0.2, 0.25) is 0 Å². The third kappa shape index (κ3) is 2.60. The van der Waals surface area contributed by atoms with Gasteiger partial charge in [-0.2, -0.15) is 0 Å². The molecule has 1 saturated carbocycles. The molecule has 3 nitrogen and oxygen atoms in total. The molecule has 0 aliphatic heterocycles. The quantitative estimate of drug-likeness (QED) is 0.778. The molecule has 0 N–H and O–H groups in total. The molecule has 0 amide bonds. The van der Waals surface area contributed by atoms with Gasteiger partial charge in [0.05, 0.1) is 19.8 Å². The fourth-order valence-electron chi connectivity index (χ4n) is 3.15. The van der Waals surface area contributed by atoms with Crippen LogP contribution in [0.5, 0.6) is 5.75 Å². The lowest BCUT2D eigenvalue weighted by atomic mass is 9.77. The van der Waals surface area contributed by atoms with Crippen LogP contribution in [0.1, 0.15) is 54.9 Å². The first kappa shape index (κ1) is 13.9. The van der Waals surface area contributed by atoms with Crippen LogP contribution in [0.15, 0.2) is 18.2 Å². The number of carbonyl (C=O) groups is 1. The third-order valence-electron chi connectivity index (χ3n) is 4.28. The van der Waals surface area contributed by atoms with Crippen molar-refractivity contribution in [2.24, 2.45) is 5.41 Å². The first-order chi connectivity index (χ1) is 8.99. The average molecular weight is 262 g/mol. The summed E-state index contributed by atoms with van der Waals surface area (Å²) in [6, 6.07) is 5.56. The molecule has 1 aliphatic rings. The van der Waals surface area contributed by atoms with Crippen molar-refractivity contribution in [2.75, 3.05) is 14.2 Å². The average Bonchev–Trinajstić information content (AvgIpc) is 2.76. The van der Waals surface area contributed by atoms with E-state index in [1.54, 1.807) is 13.2 Å². The second-order valence-corrected chi connectivity index (χ2v) is 5.88. The van der Waals surface area contributed by atoms with Gasteiger partial charge < -0.3 is 9.47 Å². The van der Waals surface area contributed by atoms with Gasteiger partial charge in [0.15, 0.2) is 0 Å². The maximum absolute atomic E-state index is 11.7. The van der Waals surface area contributed by atoms with Gasteiger partial charge in [0.25, 0.3) is 0 Å². The fraction of sp³-hybridized carbons (Fsp3) is 0.562. The summed E-state index contributed by atoms with van der Waals surface area (Å²) in [5.41, 5.74) is 1.98. The van der Waals surface area contributed by atoms with Gasteiger partial charge in [-0.05, 0) is 47.9 Å². The second-order valence-electron chi connectivity index (χ2n) is 5.88. The minimum atomic E-state index is -0.292. The van der Waals surface area contributed by atoms with Crippen LogP contribution >= 0.6 is 0 Å². The summed E-state index contributed by atoms with van der Waals surface area (Å²) in [7, 11) is 3.09. The summed E-state index contributed by atoms with van der Waals surface area (Å²) in [5.74, 6) is 1.01. The molecule has 0 saturated heterocycles. The summed E-state index contributed by atoms with van der Waals surface area (Å²) < 4.78 is 10.3. The van der Waals surface area contributed by atoms with Gasteiger partial charge in [-0.15, -0.1) is 0 Å². The molecule has 0 spiro atoms. The van der Waals surface area contributed by atoms with E-state index in [0.29, 0.717) is 11.5 Å². The van der Waals surface area contributed by atoms with Gasteiger partial charge in [0, 0.05) is 0 Å². The maximum atomic E-state index is 11.7. The van der Waals surface area contributed by atoms with Crippen LogP contribution in [0.3, 0.4) is 0 Å². The monoisotopic (exact) mass is 262 g/mol. The van der Waals surface area contributed by atoms with Crippen LogP contribution in [0, 0.1) is 5.41 Å². The molecule has 0 heterocycles. The summed E-state index contributed by atoms with van der Waals surface area (Å²) in [4.78, 5) is 11.7. The molecule has 1 aromatic carbocycles. The van der Waals surface area contributed by atoms with Gasteiger partial charge in [0.1, 0.15) is 5.75 Å². The highest BCUT2D eigenvalue weighted by molar-refractivity contribution is 5.89. The van der Waals surface area contributed by atoms with Gasteiger partial charge in [-0.1, -0.05) is 20.3 Å². The molecule has 2 rings (SSSR count). The molecule has 1 aromatic rings. The summed E-state index contributed by atoms with van der Waals surface area (Å²) >= 11 is 0. The van der Waals surface area contributed by atoms with Crippen molar-refractivity contribution in [2.45, 2.75) is 39.0 Å². The van der Waals surface area contributed by atoms with Gasteiger partial charge in [-0.3, -0.25) is 0 Å². The molecule has 1 atom stereocenters. The minimum absolute atomic E-state index is 0.252. The number of hydrogen-bond acceptors (Lipinski definition) is 3. The van der Waals surface area contributed by atoms with Crippen LogP contribution in [0.4, 0.5) is 0 Å². The number of carbonyl (C=O) groups excluding carboxylic acids is 1. The first-order valence-electron chi connectivity index (χ1n) is 6.76. The van der Waals surface area contributed by atoms with E-state index >= 15 is 0 Å². The van der Waals surface area contributed by atoms with Crippen molar-refractivity contribution < 1.29 is 14.3 Å². The Hall–Kier alpha value is -1.51. The lowest BCUT2D eigenvalue weighted by Crippen LogP contribution is -2.17. The number of benzene rings is 1. The smallest absolute Gasteiger partial charge is 0.337 e. The zero-order valence-electron chi connectivity index (χ0n) is 12.2. The predicted octanol–water partition coefficient (Wildman–Crippen LogP) is 3.78. The SMILES string of the molecule is COC(=O)c1ccc(OC)c([C@@H]2CCCC2(C)C)c1. The Labute approximate surface area is 114 Å². The van der Waals surface area contributed by atoms with Crippen molar-refractivity contribution in [3.05, 3.63) is 29.3 Å². The molecule has 1 aliphatic carbocycles. The van der Waals surface area contributed by atoms with Crippen LogP contribution in [0.2, 0.25) is 0 Å². The number of methoxy groups -OCH3 is 2. The van der Waals surface area contributed by atoms with E-state index in [-0.39, 0.29) is 11.4 Å². The molecule has 1 fully saturated rings. The van der Waals surface area contributed by atoms with E-state index in [4.69, 9.17) is 9.47 Å². The number of rotatable bonds is 3. The van der Waals surface area contributed by atoms with Crippen molar-refractivity contribution in [3.63, 3.8) is 0 Å². The lowest BCUT2D eigenvalue weighted by molar-refractivity contribution is 0.0600. The summed E-state index contributed by atoms with van der Waals surface area (Å²) in [5, 5.41) is 0. The lowest BCUT2D eigenvalue weighted by Gasteiger charge is -2.28. The topological polar surface area (TPSA) is 35.5 Å². The summed E-state index contributed by atoms with van der Waals surface area (Å²) in [6.07, 6.45) is 3.58. The molecule has 0 radical (unpaired) electrons. The Morgan fingerprint density at radius 2 is 2.05 bits per heavy atom. The van der Waals surface area contributed by atoms with Crippen molar-refractivity contribution >= 4 is 5.97 Å². The molecule has 0 aromatic heterocycles. The Balaban J connectivity index is 2.44. The highest BCUT2D eigenvalue weighted by Gasteiger charge is 2.37. The van der Waals surface area contributed by atoms with Crippen molar-refractivity contribution in [1.29, 1.82) is 0 Å². The Bertz CT molecular complexity index is 477. The molecule has 19 heavy (non-hydrogen) atoms. The van der Waals surface area contributed by atoms with Crippen LogP contribution in [-0.2, 0) is 4.74 Å². The van der Waals surface area contributed by atoms with Crippen LogP contribution < -0.4 is 4.74 Å². The normalized spacial score (nSPS) is 21.2. The number of hydrogen-bond donors (Lipinski definition) is 0. The van der Waals surface area contributed by atoms with Crippen molar-refractivity contribution in [1.82, 2.24) is 0 Å². The van der Waals surface area contributed by atoms with E-state index in [2.05, 4.69) is 13.8 Å². The molecular formula is C16H22O3. The molecular weight excluding hydrogens is 240 g/mol. The largest absolute Gasteiger partial charge is 0.496 e. The molecule has 0 bridgehead atoms. The Morgan fingerprint density at radius 1 is 1.32 bits per heavy atom. The Kier molecular flexibility index (Phi) is 3.83. The highest BCUT2D eigenvalue weighted by atomic mass is 16.5. The van der Waals surface area contributed by atoms with E-state index in [1.165, 1.54) is 20.0 Å². The van der Waals surface area contributed by atoms with Crippen molar-refractivity contribution in [3.8, 4) is 5.75 Å². The van der Waals surface area contributed by atoms with Gasteiger partial charge in [-0.25, -0.2) is 4.79 Å². The number of ether oxygens (including phenoxy) is 2. The van der Waals surface area contributed by atoms with E-state index in [9.17, 15) is 4.79 Å². The van der Waals surface area contributed by atoms with E-state index in [0.717, 1.165) is 17.7 Å².